The number of carbonyl (C=O) groups is 2. The zero-order chi connectivity index (χ0) is 16.7. The van der Waals surface area contributed by atoms with Gasteiger partial charge >= 0.3 is 0 Å². The summed E-state index contributed by atoms with van der Waals surface area (Å²) in [6.07, 6.45) is 5.94. The van der Waals surface area contributed by atoms with E-state index in [-0.39, 0.29) is 17.9 Å². The lowest BCUT2D eigenvalue weighted by atomic mass is 9.90. The lowest BCUT2D eigenvalue weighted by Crippen LogP contribution is -2.56. The molecule has 2 atom stereocenters. The fraction of sp³-hybridized carbons (Fsp3) is 0.882. The molecule has 132 valence electrons. The van der Waals surface area contributed by atoms with Gasteiger partial charge < -0.3 is 19.7 Å². The Balaban J connectivity index is 1.89. The van der Waals surface area contributed by atoms with Gasteiger partial charge in [-0.15, -0.1) is 0 Å². The van der Waals surface area contributed by atoms with Crippen molar-refractivity contribution in [3.8, 4) is 0 Å². The van der Waals surface area contributed by atoms with Crippen LogP contribution in [0, 0.1) is 5.92 Å². The Labute approximate surface area is 138 Å². The molecule has 23 heavy (non-hydrogen) atoms. The molecule has 1 saturated heterocycles. The molecule has 0 aromatic rings. The van der Waals surface area contributed by atoms with E-state index in [1.165, 1.54) is 39.0 Å². The molecule has 1 aliphatic heterocycles. The van der Waals surface area contributed by atoms with E-state index in [0.717, 1.165) is 0 Å². The lowest BCUT2D eigenvalue weighted by Gasteiger charge is -2.33. The van der Waals surface area contributed by atoms with E-state index < -0.39 is 6.04 Å². The van der Waals surface area contributed by atoms with Crippen molar-refractivity contribution in [2.75, 3.05) is 32.9 Å². The van der Waals surface area contributed by atoms with Crippen LogP contribution in [0.2, 0.25) is 0 Å². The average molecular weight is 326 g/mol. The molecule has 6 nitrogen and oxygen atoms in total. The van der Waals surface area contributed by atoms with Gasteiger partial charge in [0.15, 0.2) is 0 Å². The highest BCUT2D eigenvalue weighted by atomic mass is 16.5. The van der Waals surface area contributed by atoms with Crippen molar-refractivity contribution in [1.29, 1.82) is 0 Å². The van der Waals surface area contributed by atoms with Gasteiger partial charge in [0.25, 0.3) is 0 Å². The van der Waals surface area contributed by atoms with Crippen LogP contribution in [-0.4, -0.2) is 61.8 Å². The van der Waals surface area contributed by atoms with E-state index >= 15 is 0 Å². The fourth-order valence-corrected chi connectivity index (χ4v) is 3.32. The molecule has 1 N–H and O–H groups in total. The molecule has 2 amide bonds. The van der Waals surface area contributed by atoms with Crippen LogP contribution < -0.4 is 5.32 Å². The lowest BCUT2D eigenvalue weighted by molar-refractivity contribution is -0.144. The normalized spacial score (nSPS) is 22.4. The first kappa shape index (κ1) is 18.2. The van der Waals surface area contributed by atoms with Crippen LogP contribution in [-0.2, 0) is 19.1 Å². The first-order valence-corrected chi connectivity index (χ1v) is 8.83. The molecule has 0 aromatic carbocycles. The summed E-state index contributed by atoms with van der Waals surface area (Å²) >= 11 is 0. The summed E-state index contributed by atoms with van der Waals surface area (Å²) in [6.45, 7) is 6.24. The number of hydrogen-bond donors (Lipinski definition) is 1. The molecule has 0 bridgehead atoms. The van der Waals surface area contributed by atoms with E-state index in [9.17, 15) is 9.59 Å². The summed E-state index contributed by atoms with van der Waals surface area (Å²) < 4.78 is 11.2. The third kappa shape index (κ3) is 5.77. The third-order valence-corrected chi connectivity index (χ3v) is 4.74. The van der Waals surface area contributed by atoms with E-state index in [0.29, 0.717) is 38.8 Å². The van der Waals surface area contributed by atoms with Gasteiger partial charge in [0.2, 0.25) is 11.8 Å². The zero-order valence-electron chi connectivity index (χ0n) is 14.4. The molecular weight excluding hydrogens is 296 g/mol. The molecule has 2 fully saturated rings. The first-order valence-electron chi connectivity index (χ1n) is 8.83. The number of nitrogens with one attached hydrogen (secondary N) is 1. The van der Waals surface area contributed by atoms with Gasteiger partial charge in [0.05, 0.1) is 19.3 Å². The standard InChI is InChI=1S/C17H30N2O4/c1-13(23-12-15-6-4-3-5-7-15)16(18-14(2)20)17(21)19-8-10-22-11-9-19/h13,15-16H,3-12H2,1-2H3,(H,18,20). The van der Waals surface area contributed by atoms with Crippen LogP contribution in [0.4, 0.5) is 0 Å². The number of carbonyl (C=O) groups excluding carboxylic acids is 2. The second-order valence-electron chi connectivity index (χ2n) is 6.66. The van der Waals surface area contributed by atoms with Gasteiger partial charge in [-0.2, -0.15) is 0 Å². The van der Waals surface area contributed by atoms with Crippen LogP contribution in [0.25, 0.3) is 0 Å². The highest BCUT2D eigenvalue weighted by Gasteiger charge is 2.32. The summed E-state index contributed by atoms with van der Waals surface area (Å²) in [4.78, 5) is 25.9. The number of amides is 2. The Morgan fingerprint density at radius 3 is 2.48 bits per heavy atom. The molecule has 2 rings (SSSR count). The first-order chi connectivity index (χ1) is 11.1. The minimum Gasteiger partial charge on any atom is -0.378 e. The van der Waals surface area contributed by atoms with Gasteiger partial charge in [-0.1, -0.05) is 19.3 Å². The Kier molecular flexibility index (Phi) is 7.30. The van der Waals surface area contributed by atoms with Gasteiger partial charge in [-0.3, -0.25) is 9.59 Å². The van der Waals surface area contributed by atoms with Crippen molar-refractivity contribution in [3.05, 3.63) is 0 Å². The molecule has 1 heterocycles. The van der Waals surface area contributed by atoms with Crippen molar-refractivity contribution in [2.24, 2.45) is 5.92 Å². The zero-order valence-corrected chi connectivity index (χ0v) is 14.4. The highest BCUT2D eigenvalue weighted by Crippen LogP contribution is 2.24. The van der Waals surface area contributed by atoms with Crippen LogP contribution in [0.1, 0.15) is 46.0 Å². The summed E-state index contributed by atoms with van der Waals surface area (Å²) in [5, 5.41) is 2.77. The molecule has 1 saturated carbocycles. The summed E-state index contributed by atoms with van der Waals surface area (Å²) in [5.74, 6) is 0.312. The highest BCUT2D eigenvalue weighted by molar-refractivity contribution is 5.87. The predicted octanol–water partition coefficient (Wildman–Crippen LogP) is 1.34. The maximum Gasteiger partial charge on any atom is 0.248 e. The van der Waals surface area contributed by atoms with Crippen LogP contribution in [0.5, 0.6) is 0 Å². The minimum absolute atomic E-state index is 0.0698. The Hall–Kier alpha value is -1.14. The van der Waals surface area contributed by atoms with Gasteiger partial charge in [-0.25, -0.2) is 0 Å². The number of rotatable bonds is 6. The van der Waals surface area contributed by atoms with Gasteiger partial charge in [0.1, 0.15) is 6.04 Å². The molecule has 2 aliphatic rings. The minimum atomic E-state index is -0.616. The summed E-state index contributed by atoms with van der Waals surface area (Å²) in [6, 6.07) is -0.616. The molecule has 0 radical (unpaired) electrons. The van der Waals surface area contributed by atoms with Crippen LogP contribution in [0.3, 0.4) is 0 Å². The Morgan fingerprint density at radius 2 is 1.87 bits per heavy atom. The van der Waals surface area contributed by atoms with Gasteiger partial charge in [0, 0.05) is 26.6 Å². The summed E-state index contributed by atoms with van der Waals surface area (Å²) in [7, 11) is 0. The van der Waals surface area contributed by atoms with E-state index in [1.54, 1.807) is 4.90 Å². The van der Waals surface area contributed by atoms with E-state index in [1.807, 2.05) is 6.92 Å². The second-order valence-corrected chi connectivity index (χ2v) is 6.66. The molecule has 0 aromatic heterocycles. The summed E-state index contributed by atoms with van der Waals surface area (Å²) in [5.41, 5.74) is 0. The largest absolute Gasteiger partial charge is 0.378 e. The van der Waals surface area contributed by atoms with Crippen molar-refractivity contribution < 1.29 is 19.1 Å². The van der Waals surface area contributed by atoms with E-state index in [2.05, 4.69) is 5.32 Å². The topological polar surface area (TPSA) is 67.9 Å². The third-order valence-electron chi connectivity index (χ3n) is 4.74. The quantitative estimate of drug-likeness (QED) is 0.800. The molecule has 2 unspecified atom stereocenters. The van der Waals surface area contributed by atoms with Crippen LogP contribution >= 0.6 is 0 Å². The number of hydrogen-bond acceptors (Lipinski definition) is 4. The molecule has 1 aliphatic carbocycles. The number of morpholine rings is 1. The predicted molar refractivity (Wildman–Crippen MR) is 87.0 cm³/mol. The monoisotopic (exact) mass is 326 g/mol. The fourth-order valence-electron chi connectivity index (χ4n) is 3.32. The molecule has 6 heteroatoms. The SMILES string of the molecule is CC(=O)NC(C(=O)N1CCOCC1)C(C)OCC1CCCCC1. The average Bonchev–Trinajstić information content (AvgIpc) is 2.58. The van der Waals surface area contributed by atoms with Crippen molar-refractivity contribution in [2.45, 2.75) is 58.1 Å². The van der Waals surface area contributed by atoms with Crippen LogP contribution in [0.15, 0.2) is 0 Å². The molecular formula is C17H30N2O4. The smallest absolute Gasteiger partial charge is 0.248 e. The van der Waals surface area contributed by atoms with Gasteiger partial charge in [-0.05, 0) is 25.7 Å². The Morgan fingerprint density at radius 1 is 1.22 bits per heavy atom. The number of ether oxygens (including phenoxy) is 2. The number of nitrogens with zero attached hydrogens (tertiary/aromatic N) is 1. The van der Waals surface area contributed by atoms with E-state index in [4.69, 9.17) is 9.47 Å². The second kappa shape index (κ2) is 9.23. The van der Waals surface area contributed by atoms with Crippen molar-refractivity contribution >= 4 is 11.8 Å². The van der Waals surface area contributed by atoms with Crippen molar-refractivity contribution in [3.63, 3.8) is 0 Å². The maximum atomic E-state index is 12.7. The Bertz CT molecular complexity index is 390. The maximum absolute atomic E-state index is 12.7. The molecule has 0 spiro atoms. The van der Waals surface area contributed by atoms with Crippen molar-refractivity contribution in [1.82, 2.24) is 10.2 Å².